The lowest BCUT2D eigenvalue weighted by Gasteiger charge is -2.14. The topological polar surface area (TPSA) is 73.6 Å². The van der Waals surface area contributed by atoms with Crippen LogP contribution >= 0.6 is 24.0 Å². The number of carbonyl (C=O) groups is 1. The van der Waals surface area contributed by atoms with E-state index in [-0.39, 0.29) is 24.4 Å². The molecule has 0 fully saturated rings. The van der Waals surface area contributed by atoms with E-state index in [1.54, 1.807) is 18.2 Å². The predicted molar refractivity (Wildman–Crippen MR) is 92.2 cm³/mol. The smallest absolute Gasteiger partial charge is 0.224 e. The molecule has 1 aromatic rings. The van der Waals surface area contributed by atoms with E-state index in [4.69, 9.17) is 26.8 Å². The van der Waals surface area contributed by atoms with E-state index in [2.05, 4.69) is 5.32 Å². The molecule has 1 atom stereocenters. The van der Waals surface area contributed by atoms with Gasteiger partial charge in [0.2, 0.25) is 5.91 Å². The van der Waals surface area contributed by atoms with Gasteiger partial charge in [0.15, 0.2) is 5.75 Å². The quantitative estimate of drug-likeness (QED) is 0.670. The molecule has 0 radical (unpaired) electrons. The Bertz CT molecular complexity index is 456. The first kappa shape index (κ1) is 21.0. The molecule has 0 saturated heterocycles. The molecule has 7 heteroatoms. The molecule has 5 nitrogen and oxygen atoms in total. The number of hydrogen-bond acceptors (Lipinski definition) is 4. The standard InChI is InChI=1S/C15H23ClN2O3.ClH/c1-3-20-9-10-21-15-12(16)5-4-6-13(15)18-14(19)8-7-11(2)17;/h4-6,11H,3,7-10,17H2,1-2H3,(H,18,19);1H. The van der Waals surface area contributed by atoms with Gasteiger partial charge in [0.05, 0.1) is 17.3 Å². The molecule has 0 aromatic heterocycles. The molecule has 0 heterocycles. The molecule has 0 aliphatic rings. The second-order valence-electron chi connectivity index (χ2n) is 4.73. The molecule has 3 N–H and O–H groups in total. The van der Waals surface area contributed by atoms with E-state index in [1.165, 1.54) is 0 Å². The molecule has 0 bridgehead atoms. The fourth-order valence-corrected chi connectivity index (χ4v) is 1.90. The number of hydrogen-bond donors (Lipinski definition) is 2. The Morgan fingerprint density at radius 3 is 2.77 bits per heavy atom. The summed E-state index contributed by atoms with van der Waals surface area (Å²) in [5, 5.41) is 3.26. The van der Waals surface area contributed by atoms with Crippen LogP contribution in [0.4, 0.5) is 5.69 Å². The molecule has 126 valence electrons. The van der Waals surface area contributed by atoms with Gasteiger partial charge in [-0.3, -0.25) is 4.79 Å². The molecule has 1 unspecified atom stereocenters. The molecule has 22 heavy (non-hydrogen) atoms. The second-order valence-corrected chi connectivity index (χ2v) is 5.13. The van der Waals surface area contributed by atoms with E-state index in [1.807, 2.05) is 13.8 Å². The molecule has 0 aliphatic heterocycles. The van der Waals surface area contributed by atoms with Crippen molar-refractivity contribution in [2.24, 2.45) is 5.73 Å². The maximum absolute atomic E-state index is 11.9. The Morgan fingerprint density at radius 1 is 1.41 bits per heavy atom. The zero-order valence-corrected chi connectivity index (χ0v) is 14.5. The van der Waals surface area contributed by atoms with Gasteiger partial charge in [0.1, 0.15) is 6.61 Å². The van der Waals surface area contributed by atoms with Gasteiger partial charge in [-0.1, -0.05) is 17.7 Å². The van der Waals surface area contributed by atoms with E-state index >= 15 is 0 Å². The van der Waals surface area contributed by atoms with Crippen LogP contribution in [0.3, 0.4) is 0 Å². The molecular formula is C15H24Cl2N2O3. The predicted octanol–water partition coefficient (Wildman–Crippen LogP) is 3.24. The Hall–Kier alpha value is -1.01. The number of anilines is 1. The van der Waals surface area contributed by atoms with Crippen LogP contribution in [-0.2, 0) is 9.53 Å². The van der Waals surface area contributed by atoms with Crippen molar-refractivity contribution in [3.8, 4) is 5.75 Å². The average molecular weight is 351 g/mol. The minimum absolute atomic E-state index is 0. The van der Waals surface area contributed by atoms with Gasteiger partial charge in [-0.2, -0.15) is 0 Å². The number of para-hydroxylation sites is 1. The maximum Gasteiger partial charge on any atom is 0.224 e. The van der Waals surface area contributed by atoms with Crippen molar-refractivity contribution in [3.63, 3.8) is 0 Å². The summed E-state index contributed by atoms with van der Waals surface area (Å²) >= 11 is 6.12. The van der Waals surface area contributed by atoms with Crippen LogP contribution in [0.25, 0.3) is 0 Å². The Balaban J connectivity index is 0.00000441. The van der Waals surface area contributed by atoms with Crippen LogP contribution in [0.5, 0.6) is 5.75 Å². The highest BCUT2D eigenvalue weighted by Gasteiger charge is 2.12. The van der Waals surface area contributed by atoms with Crippen molar-refractivity contribution in [2.75, 3.05) is 25.1 Å². The van der Waals surface area contributed by atoms with Gasteiger partial charge < -0.3 is 20.5 Å². The Morgan fingerprint density at radius 2 is 2.14 bits per heavy atom. The van der Waals surface area contributed by atoms with Crippen molar-refractivity contribution in [3.05, 3.63) is 23.2 Å². The first-order valence-electron chi connectivity index (χ1n) is 7.09. The molecule has 0 aliphatic carbocycles. The fraction of sp³-hybridized carbons (Fsp3) is 0.533. The molecule has 0 spiro atoms. The molecular weight excluding hydrogens is 327 g/mol. The summed E-state index contributed by atoms with van der Waals surface area (Å²) < 4.78 is 10.8. The van der Waals surface area contributed by atoms with Crippen molar-refractivity contribution < 1.29 is 14.3 Å². The minimum Gasteiger partial charge on any atom is -0.487 e. The number of nitrogens with two attached hydrogens (primary N) is 1. The monoisotopic (exact) mass is 350 g/mol. The van der Waals surface area contributed by atoms with E-state index < -0.39 is 0 Å². The highest BCUT2D eigenvalue weighted by molar-refractivity contribution is 6.32. The number of rotatable bonds is 9. The van der Waals surface area contributed by atoms with Crippen LogP contribution in [0.15, 0.2) is 18.2 Å². The third-order valence-corrected chi connectivity index (χ3v) is 3.04. The summed E-state index contributed by atoms with van der Waals surface area (Å²) in [6, 6.07) is 5.23. The lowest BCUT2D eigenvalue weighted by Crippen LogP contribution is -2.20. The summed E-state index contributed by atoms with van der Waals surface area (Å²) in [6.45, 7) is 5.27. The third kappa shape index (κ3) is 7.84. The van der Waals surface area contributed by atoms with E-state index in [9.17, 15) is 4.79 Å². The second kappa shape index (κ2) is 11.5. The normalized spacial score (nSPS) is 11.5. The fourth-order valence-electron chi connectivity index (χ4n) is 1.67. The molecule has 0 saturated carbocycles. The van der Waals surface area contributed by atoms with Gasteiger partial charge in [0, 0.05) is 19.1 Å². The summed E-state index contributed by atoms with van der Waals surface area (Å²) in [7, 11) is 0. The summed E-state index contributed by atoms with van der Waals surface area (Å²) in [4.78, 5) is 11.9. The summed E-state index contributed by atoms with van der Waals surface area (Å²) in [6.07, 6.45) is 0.996. The lowest BCUT2D eigenvalue weighted by molar-refractivity contribution is -0.116. The van der Waals surface area contributed by atoms with Gasteiger partial charge in [-0.05, 0) is 32.4 Å². The Labute approximate surface area is 142 Å². The number of nitrogens with one attached hydrogen (secondary N) is 1. The number of ether oxygens (including phenoxy) is 2. The van der Waals surface area contributed by atoms with Crippen molar-refractivity contribution >= 4 is 35.6 Å². The van der Waals surface area contributed by atoms with Crippen LogP contribution in [0.2, 0.25) is 5.02 Å². The summed E-state index contributed by atoms with van der Waals surface area (Å²) in [5.41, 5.74) is 6.21. The van der Waals surface area contributed by atoms with Crippen LogP contribution in [0, 0.1) is 0 Å². The first-order chi connectivity index (χ1) is 10.0. The molecule has 1 amide bonds. The van der Waals surface area contributed by atoms with Crippen molar-refractivity contribution in [1.29, 1.82) is 0 Å². The number of amides is 1. The number of benzene rings is 1. The average Bonchev–Trinajstić information content (AvgIpc) is 2.44. The van der Waals surface area contributed by atoms with Crippen LogP contribution in [0.1, 0.15) is 26.7 Å². The summed E-state index contributed by atoms with van der Waals surface area (Å²) in [5.74, 6) is 0.359. The largest absolute Gasteiger partial charge is 0.487 e. The zero-order valence-electron chi connectivity index (χ0n) is 12.9. The van der Waals surface area contributed by atoms with Crippen LogP contribution < -0.4 is 15.8 Å². The highest BCUT2D eigenvalue weighted by Crippen LogP contribution is 2.33. The zero-order chi connectivity index (χ0) is 15.7. The van der Waals surface area contributed by atoms with Gasteiger partial charge >= 0.3 is 0 Å². The Kier molecular flexibility index (Phi) is 11.0. The SMILES string of the molecule is CCOCCOc1c(Cl)cccc1NC(=O)CCC(C)N.Cl. The number of halogens is 2. The lowest BCUT2D eigenvalue weighted by atomic mass is 10.2. The first-order valence-corrected chi connectivity index (χ1v) is 7.46. The minimum atomic E-state index is -0.107. The van der Waals surface area contributed by atoms with Crippen molar-refractivity contribution in [1.82, 2.24) is 0 Å². The van der Waals surface area contributed by atoms with Gasteiger partial charge in [-0.15, -0.1) is 12.4 Å². The maximum atomic E-state index is 11.9. The van der Waals surface area contributed by atoms with E-state index in [0.29, 0.717) is 49.1 Å². The molecule has 1 aromatic carbocycles. The van der Waals surface area contributed by atoms with Gasteiger partial charge in [0.25, 0.3) is 0 Å². The van der Waals surface area contributed by atoms with Crippen molar-refractivity contribution in [2.45, 2.75) is 32.7 Å². The van der Waals surface area contributed by atoms with E-state index in [0.717, 1.165) is 0 Å². The van der Waals surface area contributed by atoms with Crippen LogP contribution in [-0.4, -0.2) is 31.8 Å². The molecule has 1 rings (SSSR count). The van der Waals surface area contributed by atoms with Gasteiger partial charge in [-0.25, -0.2) is 0 Å². The highest BCUT2D eigenvalue weighted by atomic mass is 35.5. The third-order valence-electron chi connectivity index (χ3n) is 2.75. The number of carbonyl (C=O) groups excluding carboxylic acids is 1.